The van der Waals surface area contributed by atoms with Gasteiger partial charge < -0.3 is 15.3 Å². The summed E-state index contributed by atoms with van der Waals surface area (Å²) in [6.45, 7) is 2.70. The van der Waals surface area contributed by atoms with Crippen molar-refractivity contribution in [1.29, 1.82) is 10.5 Å². The molecule has 0 saturated carbocycles. The Hall–Kier alpha value is -4.24. The monoisotopic (exact) mass is 444 g/mol. The summed E-state index contributed by atoms with van der Waals surface area (Å²) in [6, 6.07) is 13.6. The Morgan fingerprint density at radius 1 is 1.21 bits per heavy atom. The van der Waals surface area contributed by atoms with E-state index in [1.807, 2.05) is 11.8 Å². The highest BCUT2D eigenvalue weighted by Gasteiger charge is 2.24. The Kier molecular flexibility index (Phi) is 6.05. The molecule has 4 rings (SSSR count). The van der Waals surface area contributed by atoms with Crippen LogP contribution in [0.2, 0.25) is 0 Å². The molecule has 33 heavy (non-hydrogen) atoms. The number of aromatic carboxylic acids is 1. The van der Waals surface area contributed by atoms with Gasteiger partial charge in [-0.3, -0.25) is 0 Å². The molecular formula is C24H21FN6O2. The van der Waals surface area contributed by atoms with Gasteiger partial charge >= 0.3 is 5.97 Å². The Morgan fingerprint density at radius 3 is 2.61 bits per heavy atom. The van der Waals surface area contributed by atoms with Gasteiger partial charge in [0.1, 0.15) is 12.2 Å². The average Bonchev–Trinajstić information content (AvgIpc) is 2.83. The summed E-state index contributed by atoms with van der Waals surface area (Å²) in [6.07, 6.45) is -0.156. The first kappa shape index (κ1) is 22.0. The van der Waals surface area contributed by atoms with Crippen LogP contribution in [0.5, 0.6) is 0 Å². The highest BCUT2D eigenvalue weighted by Crippen LogP contribution is 2.31. The van der Waals surface area contributed by atoms with Gasteiger partial charge in [0.05, 0.1) is 34.3 Å². The van der Waals surface area contributed by atoms with E-state index in [1.165, 1.54) is 6.07 Å². The number of nitrogens with one attached hydrogen (secondary N) is 1. The number of carboxylic acid groups (broad SMARTS) is 1. The van der Waals surface area contributed by atoms with Crippen LogP contribution < -0.4 is 10.2 Å². The highest BCUT2D eigenvalue weighted by atomic mass is 19.1. The van der Waals surface area contributed by atoms with Crippen molar-refractivity contribution in [2.45, 2.75) is 32.0 Å². The minimum atomic E-state index is -1.06. The lowest BCUT2D eigenvalue weighted by Crippen LogP contribution is -2.35. The Labute approximate surface area is 189 Å². The minimum absolute atomic E-state index is 0.123. The lowest BCUT2D eigenvalue weighted by Gasteiger charge is -2.30. The first-order valence-corrected chi connectivity index (χ1v) is 10.5. The van der Waals surface area contributed by atoms with Crippen LogP contribution >= 0.6 is 0 Å². The van der Waals surface area contributed by atoms with Crippen molar-refractivity contribution in [1.82, 2.24) is 9.97 Å². The van der Waals surface area contributed by atoms with Crippen molar-refractivity contribution in [3.8, 4) is 12.1 Å². The molecule has 0 bridgehead atoms. The predicted octanol–water partition coefficient (Wildman–Crippen LogP) is 4.18. The Morgan fingerprint density at radius 2 is 1.94 bits per heavy atom. The summed E-state index contributed by atoms with van der Waals surface area (Å²) in [4.78, 5) is 22.7. The molecule has 2 heterocycles. The molecule has 1 unspecified atom stereocenters. The minimum Gasteiger partial charge on any atom is -0.478 e. The van der Waals surface area contributed by atoms with Crippen LogP contribution in [-0.4, -0.2) is 40.3 Å². The predicted molar refractivity (Wildman–Crippen MR) is 121 cm³/mol. The van der Waals surface area contributed by atoms with Crippen LogP contribution in [0.3, 0.4) is 0 Å². The normalized spacial score (nSPS) is 15.0. The van der Waals surface area contributed by atoms with Crippen molar-refractivity contribution in [2.24, 2.45) is 0 Å². The number of para-hydroxylation sites is 1. The third-order valence-corrected chi connectivity index (χ3v) is 5.74. The summed E-state index contributed by atoms with van der Waals surface area (Å²) in [7, 11) is 0. The summed E-state index contributed by atoms with van der Waals surface area (Å²) in [5, 5.41) is 31.9. The van der Waals surface area contributed by atoms with Crippen LogP contribution in [0.15, 0.2) is 36.4 Å². The van der Waals surface area contributed by atoms with Crippen molar-refractivity contribution in [3.05, 3.63) is 58.8 Å². The number of carboxylic acids is 1. The molecule has 1 aliphatic heterocycles. The number of benzene rings is 2. The van der Waals surface area contributed by atoms with Gasteiger partial charge in [-0.1, -0.05) is 12.1 Å². The molecule has 1 aromatic heterocycles. The molecule has 2 aromatic carbocycles. The summed E-state index contributed by atoms with van der Waals surface area (Å²) >= 11 is 0. The number of halogens is 1. The molecule has 2 N–H and O–H groups in total. The number of nitrogens with zero attached hydrogens (tertiary/aromatic N) is 5. The topological polar surface area (TPSA) is 126 Å². The molecule has 1 fully saturated rings. The molecule has 1 aliphatic rings. The second-order valence-electron chi connectivity index (χ2n) is 7.93. The number of fused-ring (bicyclic) bond motifs is 1. The van der Waals surface area contributed by atoms with E-state index in [1.54, 1.807) is 30.3 Å². The summed E-state index contributed by atoms with van der Waals surface area (Å²) in [5.41, 5.74) is 2.56. The maximum absolute atomic E-state index is 13.6. The molecular weight excluding hydrogens is 423 g/mol. The van der Waals surface area contributed by atoms with Gasteiger partial charge in [-0.05, 0) is 44.0 Å². The van der Waals surface area contributed by atoms with E-state index in [0.29, 0.717) is 59.6 Å². The second-order valence-corrected chi connectivity index (χ2v) is 7.93. The number of piperidine rings is 1. The number of hydrogen-bond acceptors (Lipinski definition) is 7. The summed E-state index contributed by atoms with van der Waals surface area (Å²) < 4.78 is 13.6. The first-order valence-electron chi connectivity index (χ1n) is 10.5. The third kappa shape index (κ3) is 4.39. The molecule has 9 heteroatoms. The lowest BCUT2D eigenvalue weighted by molar-refractivity contribution is 0.0698. The van der Waals surface area contributed by atoms with Gasteiger partial charge in [-0.25, -0.2) is 19.2 Å². The van der Waals surface area contributed by atoms with Gasteiger partial charge in [0.15, 0.2) is 11.5 Å². The number of anilines is 2. The highest BCUT2D eigenvalue weighted by molar-refractivity contribution is 5.94. The van der Waals surface area contributed by atoms with E-state index in [9.17, 15) is 24.8 Å². The molecule has 0 amide bonds. The van der Waals surface area contributed by atoms with Gasteiger partial charge in [0.2, 0.25) is 0 Å². The molecule has 3 aromatic rings. The molecule has 0 radical (unpaired) electrons. The first-order chi connectivity index (χ1) is 15.9. The fraction of sp³-hybridized carbons (Fsp3) is 0.292. The fourth-order valence-electron chi connectivity index (χ4n) is 4.03. The zero-order chi connectivity index (χ0) is 23.5. The van der Waals surface area contributed by atoms with Crippen molar-refractivity contribution in [2.75, 3.05) is 23.3 Å². The maximum Gasteiger partial charge on any atom is 0.337 e. The SMILES string of the molecule is CC(Nc1ccccc1C(=O)O)c1cc(C#N)cc2nc(C#N)c(N3CCC(F)CC3)nc12. The van der Waals surface area contributed by atoms with Gasteiger partial charge in [0, 0.05) is 24.3 Å². The van der Waals surface area contributed by atoms with Gasteiger partial charge in [-0.2, -0.15) is 10.5 Å². The van der Waals surface area contributed by atoms with E-state index in [2.05, 4.69) is 22.4 Å². The van der Waals surface area contributed by atoms with Gasteiger partial charge in [0.25, 0.3) is 0 Å². The van der Waals surface area contributed by atoms with Crippen molar-refractivity contribution >= 4 is 28.5 Å². The number of carbonyl (C=O) groups is 1. The van der Waals surface area contributed by atoms with Crippen molar-refractivity contribution in [3.63, 3.8) is 0 Å². The Balaban J connectivity index is 1.82. The molecule has 1 atom stereocenters. The van der Waals surface area contributed by atoms with E-state index in [-0.39, 0.29) is 11.3 Å². The number of hydrogen-bond donors (Lipinski definition) is 2. The van der Waals surface area contributed by atoms with E-state index < -0.39 is 18.2 Å². The number of aromatic nitrogens is 2. The van der Waals surface area contributed by atoms with E-state index in [4.69, 9.17) is 4.98 Å². The average molecular weight is 444 g/mol. The number of rotatable bonds is 5. The lowest BCUT2D eigenvalue weighted by atomic mass is 10.0. The maximum atomic E-state index is 13.6. The van der Waals surface area contributed by atoms with E-state index in [0.717, 1.165) is 0 Å². The second kappa shape index (κ2) is 9.09. The fourth-order valence-corrected chi connectivity index (χ4v) is 4.03. The Bertz CT molecular complexity index is 1300. The van der Waals surface area contributed by atoms with Crippen LogP contribution in [0.25, 0.3) is 11.0 Å². The zero-order valence-corrected chi connectivity index (χ0v) is 17.9. The summed E-state index contributed by atoms with van der Waals surface area (Å²) in [5.74, 6) is -0.668. The standard InChI is InChI=1S/C24H21FN6O2/c1-14(28-19-5-3-2-4-17(19)24(32)33)18-10-15(12-26)11-20-22(18)30-23(21(13-27)29-20)31-8-6-16(25)7-9-31/h2-5,10-11,14,16,28H,6-9H2,1H3,(H,32,33). The zero-order valence-electron chi connectivity index (χ0n) is 17.9. The van der Waals surface area contributed by atoms with Crippen LogP contribution in [0.4, 0.5) is 15.9 Å². The largest absolute Gasteiger partial charge is 0.478 e. The molecule has 0 spiro atoms. The molecule has 166 valence electrons. The number of alkyl halides is 1. The quantitative estimate of drug-likeness (QED) is 0.600. The van der Waals surface area contributed by atoms with Gasteiger partial charge in [-0.15, -0.1) is 0 Å². The third-order valence-electron chi connectivity index (χ3n) is 5.74. The molecule has 0 aliphatic carbocycles. The molecule has 1 saturated heterocycles. The molecule has 8 nitrogen and oxygen atoms in total. The smallest absolute Gasteiger partial charge is 0.337 e. The van der Waals surface area contributed by atoms with Crippen LogP contribution in [0.1, 0.15) is 53.0 Å². The van der Waals surface area contributed by atoms with E-state index >= 15 is 0 Å². The number of nitriles is 2. The van der Waals surface area contributed by atoms with Crippen LogP contribution in [-0.2, 0) is 0 Å². The van der Waals surface area contributed by atoms with Crippen LogP contribution in [0, 0.1) is 22.7 Å². The van der Waals surface area contributed by atoms with Crippen molar-refractivity contribution < 1.29 is 14.3 Å².